The molecule has 1 aromatic carbocycles. The molecule has 1 aromatic rings. The van der Waals surface area contributed by atoms with Crippen LogP contribution in [0.25, 0.3) is 0 Å². The first kappa shape index (κ1) is 20.2. The second-order valence-corrected chi connectivity index (χ2v) is 5.39. The van der Waals surface area contributed by atoms with Crippen molar-refractivity contribution >= 4 is 24.2 Å². The molecule has 1 aliphatic rings. The molecule has 24 heavy (non-hydrogen) atoms. The standard InChI is InChI=1S/C15H18F3N3O2.ClH/c16-11-4-3-10(12(17)13(11)18)15(23)21-7-1-2-9(8-21)14(22)20-6-5-19;/h3-4,9H,1-2,5-8,19H2,(H,20,22);1H. The number of nitrogens with one attached hydrogen (secondary N) is 1. The lowest BCUT2D eigenvalue weighted by molar-refractivity contribution is -0.126. The number of hydrogen-bond acceptors (Lipinski definition) is 3. The van der Waals surface area contributed by atoms with Crippen molar-refractivity contribution in [3.05, 3.63) is 35.1 Å². The fourth-order valence-corrected chi connectivity index (χ4v) is 2.58. The lowest BCUT2D eigenvalue weighted by Gasteiger charge is -2.32. The van der Waals surface area contributed by atoms with Gasteiger partial charge in [0.2, 0.25) is 5.91 Å². The van der Waals surface area contributed by atoms with E-state index in [0.29, 0.717) is 38.5 Å². The summed E-state index contributed by atoms with van der Waals surface area (Å²) in [7, 11) is 0. The second kappa shape index (κ2) is 8.89. The number of benzene rings is 1. The molecule has 1 aliphatic heterocycles. The first-order chi connectivity index (χ1) is 11.0. The van der Waals surface area contributed by atoms with Crippen LogP contribution in [0, 0.1) is 23.4 Å². The highest BCUT2D eigenvalue weighted by Crippen LogP contribution is 2.22. The number of amides is 2. The van der Waals surface area contributed by atoms with Crippen LogP contribution in [0.3, 0.4) is 0 Å². The van der Waals surface area contributed by atoms with Crippen LogP contribution in [-0.4, -0.2) is 42.9 Å². The first-order valence-corrected chi connectivity index (χ1v) is 7.36. The zero-order valence-electron chi connectivity index (χ0n) is 12.9. The fraction of sp³-hybridized carbons (Fsp3) is 0.467. The second-order valence-electron chi connectivity index (χ2n) is 5.39. The number of carbonyl (C=O) groups excluding carboxylic acids is 2. The fourth-order valence-electron chi connectivity index (χ4n) is 2.58. The Bertz CT molecular complexity index is 616. The maximum Gasteiger partial charge on any atom is 0.256 e. The van der Waals surface area contributed by atoms with Crippen molar-refractivity contribution in [2.24, 2.45) is 11.7 Å². The molecule has 134 valence electrons. The van der Waals surface area contributed by atoms with E-state index in [1.807, 2.05) is 0 Å². The summed E-state index contributed by atoms with van der Waals surface area (Å²) in [6.45, 7) is 1.08. The van der Waals surface area contributed by atoms with Crippen molar-refractivity contribution in [1.29, 1.82) is 0 Å². The Hall–Kier alpha value is -1.80. The zero-order chi connectivity index (χ0) is 17.0. The van der Waals surface area contributed by atoms with Crippen LogP contribution in [-0.2, 0) is 4.79 Å². The van der Waals surface area contributed by atoms with E-state index in [2.05, 4.69) is 5.32 Å². The van der Waals surface area contributed by atoms with Gasteiger partial charge in [0, 0.05) is 26.2 Å². The maximum absolute atomic E-state index is 13.7. The van der Waals surface area contributed by atoms with Gasteiger partial charge in [0.15, 0.2) is 17.5 Å². The molecule has 3 N–H and O–H groups in total. The van der Waals surface area contributed by atoms with Gasteiger partial charge in [-0.3, -0.25) is 9.59 Å². The average molecular weight is 366 g/mol. The highest BCUT2D eigenvalue weighted by Gasteiger charge is 2.30. The number of nitrogens with zero attached hydrogens (tertiary/aromatic N) is 1. The van der Waals surface area contributed by atoms with Gasteiger partial charge in [-0.25, -0.2) is 13.2 Å². The van der Waals surface area contributed by atoms with Gasteiger partial charge < -0.3 is 16.0 Å². The lowest BCUT2D eigenvalue weighted by Crippen LogP contribution is -2.46. The third-order valence-electron chi connectivity index (χ3n) is 3.79. The number of rotatable bonds is 4. The molecule has 9 heteroatoms. The summed E-state index contributed by atoms with van der Waals surface area (Å²) in [6, 6.07) is 1.62. The van der Waals surface area contributed by atoms with Gasteiger partial charge in [0.25, 0.3) is 5.91 Å². The molecule has 1 fully saturated rings. The van der Waals surface area contributed by atoms with E-state index in [4.69, 9.17) is 5.73 Å². The van der Waals surface area contributed by atoms with E-state index in [-0.39, 0.29) is 24.9 Å². The van der Waals surface area contributed by atoms with Crippen molar-refractivity contribution in [1.82, 2.24) is 10.2 Å². The third kappa shape index (κ3) is 4.39. The van der Waals surface area contributed by atoms with Crippen LogP contribution in [0.4, 0.5) is 13.2 Å². The average Bonchev–Trinajstić information content (AvgIpc) is 2.57. The normalized spacial score (nSPS) is 17.2. The minimum atomic E-state index is -1.68. The number of halogens is 4. The maximum atomic E-state index is 13.7. The van der Waals surface area contributed by atoms with Crippen molar-refractivity contribution in [2.45, 2.75) is 12.8 Å². The summed E-state index contributed by atoms with van der Waals surface area (Å²) in [4.78, 5) is 25.5. The topological polar surface area (TPSA) is 75.4 Å². The van der Waals surface area contributed by atoms with Crippen LogP contribution in [0.15, 0.2) is 12.1 Å². The predicted octanol–water partition coefficient (Wildman–Crippen LogP) is 1.45. The Balaban J connectivity index is 0.00000288. The lowest BCUT2D eigenvalue weighted by atomic mass is 9.96. The molecule has 0 spiro atoms. The first-order valence-electron chi connectivity index (χ1n) is 7.36. The molecular formula is C15H19ClF3N3O2. The molecule has 0 radical (unpaired) electrons. The molecule has 1 heterocycles. The Morgan fingerprint density at radius 1 is 1.25 bits per heavy atom. The molecule has 0 bridgehead atoms. The minimum Gasteiger partial charge on any atom is -0.355 e. The molecule has 0 aliphatic carbocycles. The SMILES string of the molecule is Cl.NCCNC(=O)C1CCCN(C(=O)c2ccc(F)c(F)c2F)C1. The summed E-state index contributed by atoms with van der Waals surface area (Å²) in [5, 5.41) is 2.64. The van der Waals surface area contributed by atoms with Gasteiger partial charge in [-0.1, -0.05) is 0 Å². The summed E-state index contributed by atoms with van der Waals surface area (Å²) in [5.74, 6) is -5.93. The molecule has 5 nitrogen and oxygen atoms in total. The number of hydrogen-bond donors (Lipinski definition) is 2. The highest BCUT2D eigenvalue weighted by atomic mass is 35.5. The van der Waals surface area contributed by atoms with Crippen LogP contribution in [0.5, 0.6) is 0 Å². The van der Waals surface area contributed by atoms with E-state index in [0.717, 1.165) is 6.07 Å². The Morgan fingerprint density at radius 2 is 1.96 bits per heavy atom. The van der Waals surface area contributed by atoms with Gasteiger partial charge in [-0.15, -0.1) is 12.4 Å². The molecular weight excluding hydrogens is 347 g/mol. The summed E-state index contributed by atoms with van der Waals surface area (Å²) in [5.41, 5.74) is 4.78. The summed E-state index contributed by atoms with van der Waals surface area (Å²) in [6.07, 6.45) is 1.16. The van der Waals surface area contributed by atoms with Gasteiger partial charge in [0.1, 0.15) is 0 Å². The largest absolute Gasteiger partial charge is 0.355 e. The monoisotopic (exact) mass is 365 g/mol. The van der Waals surface area contributed by atoms with E-state index in [1.165, 1.54) is 4.90 Å². The van der Waals surface area contributed by atoms with Crippen LogP contribution < -0.4 is 11.1 Å². The van der Waals surface area contributed by atoms with Gasteiger partial charge >= 0.3 is 0 Å². The number of piperidine rings is 1. The highest BCUT2D eigenvalue weighted by molar-refractivity contribution is 5.95. The Morgan fingerprint density at radius 3 is 2.62 bits per heavy atom. The summed E-state index contributed by atoms with van der Waals surface area (Å²) >= 11 is 0. The van der Waals surface area contributed by atoms with Crippen LogP contribution in [0.2, 0.25) is 0 Å². The zero-order valence-corrected chi connectivity index (χ0v) is 13.7. The third-order valence-corrected chi connectivity index (χ3v) is 3.79. The molecule has 1 unspecified atom stereocenters. The minimum absolute atomic E-state index is 0. The molecule has 0 aromatic heterocycles. The van der Waals surface area contributed by atoms with E-state index in [1.54, 1.807) is 0 Å². The van der Waals surface area contributed by atoms with Crippen molar-refractivity contribution < 1.29 is 22.8 Å². The molecule has 1 atom stereocenters. The van der Waals surface area contributed by atoms with Gasteiger partial charge in [0.05, 0.1) is 11.5 Å². The quantitative estimate of drug-likeness (QED) is 0.793. The van der Waals surface area contributed by atoms with Crippen LogP contribution in [0.1, 0.15) is 23.2 Å². The molecule has 0 saturated carbocycles. The molecule has 2 rings (SSSR count). The molecule has 2 amide bonds. The Labute approximate surface area is 143 Å². The molecule has 1 saturated heterocycles. The van der Waals surface area contributed by atoms with Crippen LogP contribution >= 0.6 is 12.4 Å². The smallest absolute Gasteiger partial charge is 0.256 e. The van der Waals surface area contributed by atoms with Gasteiger partial charge in [-0.05, 0) is 25.0 Å². The van der Waals surface area contributed by atoms with Crippen molar-refractivity contribution in [2.75, 3.05) is 26.2 Å². The summed E-state index contributed by atoms with van der Waals surface area (Å²) < 4.78 is 39.9. The van der Waals surface area contributed by atoms with Crippen molar-refractivity contribution in [3.63, 3.8) is 0 Å². The number of likely N-dealkylation sites (tertiary alicyclic amines) is 1. The van der Waals surface area contributed by atoms with Crippen molar-refractivity contribution in [3.8, 4) is 0 Å². The number of nitrogens with two attached hydrogens (primary N) is 1. The number of carbonyl (C=O) groups is 2. The van der Waals surface area contributed by atoms with E-state index in [9.17, 15) is 22.8 Å². The van der Waals surface area contributed by atoms with Gasteiger partial charge in [-0.2, -0.15) is 0 Å². The van der Waals surface area contributed by atoms with E-state index < -0.39 is 34.8 Å². The Kier molecular flexibility index (Phi) is 7.50. The predicted molar refractivity (Wildman–Crippen MR) is 84.3 cm³/mol. The van der Waals surface area contributed by atoms with E-state index >= 15 is 0 Å².